The molecule has 18 heavy (non-hydrogen) atoms. The molecule has 0 radical (unpaired) electrons. The molecule has 2 heterocycles. The number of nitrogens with one attached hydrogen (secondary N) is 1. The first-order valence-electron chi connectivity index (χ1n) is 5.75. The van der Waals surface area contributed by atoms with Crippen molar-refractivity contribution >= 4 is 17.6 Å². The van der Waals surface area contributed by atoms with Crippen LogP contribution in [0.3, 0.4) is 0 Å². The van der Waals surface area contributed by atoms with Crippen molar-refractivity contribution in [3.8, 4) is 0 Å². The van der Waals surface area contributed by atoms with Crippen LogP contribution in [-0.2, 0) is 20.9 Å². The molecule has 7 heteroatoms. The highest BCUT2D eigenvalue weighted by Crippen LogP contribution is 2.20. The summed E-state index contributed by atoms with van der Waals surface area (Å²) < 4.78 is 6.68. The number of anilines is 1. The Kier molecular flexibility index (Phi) is 3.61. The Morgan fingerprint density at radius 1 is 1.61 bits per heavy atom. The molecule has 0 spiro atoms. The molecule has 1 aliphatic rings. The van der Waals surface area contributed by atoms with Crippen LogP contribution in [0.4, 0.5) is 5.69 Å². The van der Waals surface area contributed by atoms with E-state index in [0.717, 1.165) is 6.42 Å². The van der Waals surface area contributed by atoms with E-state index >= 15 is 0 Å². The number of carboxylic acids is 1. The number of hydrogen-bond donors (Lipinski definition) is 2. The monoisotopic (exact) mass is 253 g/mol. The van der Waals surface area contributed by atoms with Gasteiger partial charge in [0.2, 0.25) is 0 Å². The molecule has 1 amide bonds. The summed E-state index contributed by atoms with van der Waals surface area (Å²) in [6, 6.07) is 0. The Morgan fingerprint density at radius 2 is 2.39 bits per heavy atom. The number of carbonyl (C=O) groups is 2. The molecule has 1 aromatic heterocycles. The molecule has 0 bridgehead atoms. The molecular formula is C11H15N3O4. The number of ether oxygens (including phenoxy) is 1. The highest BCUT2D eigenvalue weighted by atomic mass is 16.5. The lowest BCUT2D eigenvalue weighted by molar-refractivity contribution is -0.137. The van der Waals surface area contributed by atoms with Crippen molar-refractivity contribution in [2.45, 2.75) is 38.5 Å². The summed E-state index contributed by atoms with van der Waals surface area (Å²) in [7, 11) is 0. The largest absolute Gasteiger partial charge is 0.480 e. The van der Waals surface area contributed by atoms with E-state index in [4.69, 9.17) is 9.84 Å². The van der Waals surface area contributed by atoms with E-state index in [1.54, 1.807) is 0 Å². The summed E-state index contributed by atoms with van der Waals surface area (Å²) in [5.41, 5.74) is 0.476. The summed E-state index contributed by atoms with van der Waals surface area (Å²) in [4.78, 5) is 22.3. The zero-order chi connectivity index (χ0) is 13.1. The van der Waals surface area contributed by atoms with Gasteiger partial charge in [-0.25, -0.2) is 0 Å². The first kappa shape index (κ1) is 12.6. The maximum absolute atomic E-state index is 11.8. The van der Waals surface area contributed by atoms with Crippen molar-refractivity contribution < 1.29 is 19.4 Å². The lowest BCUT2D eigenvalue weighted by Gasteiger charge is -2.10. The molecule has 1 fully saturated rings. The van der Waals surface area contributed by atoms with Crippen LogP contribution in [0.2, 0.25) is 0 Å². The van der Waals surface area contributed by atoms with Crippen LogP contribution in [0.5, 0.6) is 0 Å². The third-order valence-electron chi connectivity index (χ3n) is 2.72. The minimum Gasteiger partial charge on any atom is -0.480 e. The molecule has 1 aromatic rings. The summed E-state index contributed by atoms with van der Waals surface area (Å²) in [6.07, 6.45) is 4.15. The minimum atomic E-state index is -0.982. The molecule has 2 rings (SSSR count). The van der Waals surface area contributed by atoms with E-state index in [-0.39, 0.29) is 18.6 Å². The lowest BCUT2D eigenvalue weighted by Crippen LogP contribution is -2.27. The van der Waals surface area contributed by atoms with Gasteiger partial charge in [-0.1, -0.05) is 0 Å². The number of aromatic nitrogens is 2. The Hall–Kier alpha value is -1.89. The van der Waals surface area contributed by atoms with Gasteiger partial charge in [-0.05, 0) is 19.8 Å². The number of rotatable bonds is 4. The van der Waals surface area contributed by atoms with Crippen molar-refractivity contribution in [3.63, 3.8) is 0 Å². The van der Waals surface area contributed by atoms with Crippen LogP contribution in [0, 0.1) is 0 Å². The number of aliphatic carboxylic acids is 1. The van der Waals surface area contributed by atoms with Gasteiger partial charge in [0, 0.05) is 6.20 Å². The molecule has 2 N–H and O–H groups in total. The third kappa shape index (κ3) is 3.07. The standard InChI is InChI=1S/C11H15N3O4/c1-7-2-3-9(18-7)11(17)13-8-4-12-14(5-8)6-10(15)16/h4-5,7,9H,2-3,6H2,1H3,(H,13,17)(H,15,16)/t7-,9-/m1/s1. The maximum Gasteiger partial charge on any atom is 0.325 e. The normalized spacial score (nSPS) is 22.9. The van der Waals surface area contributed by atoms with Crippen molar-refractivity contribution in [1.29, 1.82) is 0 Å². The summed E-state index contributed by atoms with van der Waals surface area (Å²) in [5, 5.41) is 15.1. The molecule has 0 aliphatic carbocycles. The number of carbonyl (C=O) groups excluding carboxylic acids is 1. The molecule has 2 atom stereocenters. The van der Waals surface area contributed by atoms with Gasteiger partial charge in [0.05, 0.1) is 18.0 Å². The first-order valence-corrected chi connectivity index (χ1v) is 5.75. The van der Waals surface area contributed by atoms with Gasteiger partial charge in [0.25, 0.3) is 5.91 Å². The first-order chi connectivity index (χ1) is 8.54. The second-order valence-corrected chi connectivity index (χ2v) is 4.32. The molecule has 0 aromatic carbocycles. The van der Waals surface area contributed by atoms with E-state index in [1.165, 1.54) is 17.1 Å². The summed E-state index contributed by atoms with van der Waals surface area (Å²) >= 11 is 0. The fourth-order valence-corrected chi connectivity index (χ4v) is 1.87. The van der Waals surface area contributed by atoms with Crippen LogP contribution in [0.1, 0.15) is 19.8 Å². The Bertz CT molecular complexity index is 457. The average Bonchev–Trinajstić information content (AvgIpc) is 2.87. The highest BCUT2D eigenvalue weighted by Gasteiger charge is 2.28. The second-order valence-electron chi connectivity index (χ2n) is 4.32. The van der Waals surface area contributed by atoms with Crippen molar-refractivity contribution in [2.75, 3.05) is 5.32 Å². The SMILES string of the molecule is C[C@@H]1CC[C@H](C(=O)Nc2cnn(CC(=O)O)c2)O1. The zero-order valence-corrected chi connectivity index (χ0v) is 10.00. The van der Waals surface area contributed by atoms with Crippen LogP contribution in [0.25, 0.3) is 0 Å². The average molecular weight is 253 g/mol. The molecule has 1 saturated heterocycles. The van der Waals surface area contributed by atoms with Crippen LogP contribution in [-0.4, -0.2) is 39.0 Å². The van der Waals surface area contributed by atoms with E-state index < -0.39 is 12.1 Å². The van der Waals surface area contributed by atoms with E-state index in [2.05, 4.69) is 10.4 Å². The maximum atomic E-state index is 11.8. The second kappa shape index (κ2) is 5.18. The smallest absolute Gasteiger partial charge is 0.325 e. The summed E-state index contributed by atoms with van der Waals surface area (Å²) in [5.74, 6) is -1.20. The fraction of sp³-hybridized carbons (Fsp3) is 0.545. The Morgan fingerprint density at radius 3 is 3.00 bits per heavy atom. The number of hydrogen-bond acceptors (Lipinski definition) is 4. The number of carboxylic acid groups (broad SMARTS) is 1. The van der Waals surface area contributed by atoms with Gasteiger partial charge in [-0.15, -0.1) is 0 Å². The van der Waals surface area contributed by atoms with E-state index in [1.807, 2.05) is 6.92 Å². The van der Waals surface area contributed by atoms with Gasteiger partial charge in [-0.2, -0.15) is 5.10 Å². The van der Waals surface area contributed by atoms with Gasteiger partial charge in [0.1, 0.15) is 12.6 Å². The highest BCUT2D eigenvalue weighted by molar-refractivity contribution is 5.94. The van der Waals surface area contributed by atoms with E-state index in [0.29, 0.717) is 12.1 Å². The Labute approximate surface area is 104 Å². The van der Waals surface area contributed by atoms with E-state index in [9.17, 15) is 9.59 Å². The molecule has 0 unspecified atom stereocenters. The topological polar surface area (TPSA) is 93.5 Å². The predicted molar refractivity (Wildman–Crippen MR) is 62.1 cm³/mol. The van der Waals surface area contributed by atoms with Crippen molar-refractivity contribution in [2.24, 2.45) is 0 Å². The number of amides is 1. The third-order valence-corrected chi connectivity index (χ3v) is 2.72. The zero-order valence-electron chi connectivity index (χ0n) is 10.00. The molecule has 98 valence electrons. The van der Waals surface area contributed by atoms with Gasteiger partial charge < -0.3 is 15.2 Å². The number of nitrogens with zero attached hydrogens (tertiary/aromatic N) is 2. The Balaban J connectivity index is 1.91. The molecular weight excluding hydrogens is 238 g/mol. The lowest BCUT2D eigenvalue weighted by atomic mass is 10.2. The quantitative estimate of drug-likeness (QED) is 0.813. The van der Waals surface area contributed by atoms with Crippen LogP contribution in [0.15, 0.2) is 12.4 Å². The molecule has 0 saturated carbocycles. The predicted octanol–water partition coefficient (Wildman–Crippen LogP) is 0.474. The van der Waals surface area contributed by atoms with Gasteiger partial charge in [0.15, 0.2) is 0 Å². The van der Waals surface area contributed by atoms with Gasteiger partial charge in [-0.3, -0.25) is 14.3 Å². The molecule has 1 aliphatic heterocycles. The summed E-state index contributed by atoms with van der Waals surface area (Å²) in [6.45, 7) is 1.70. The van der Waals surface area contributed by atoms with Crippen molar-refractivity contribution in [1.82, 2.24) is 9.78 Å². The molecule has 7 nitrogen and oxygen atoms in total. The van der Waals surface area contributed by atoms with Crippen LogP contribution >= 0.6 is 0 Å². The fourth-order valence-electron chi connectivity index (χ4n) is 1.87. The van der Waals surface area contributed by atoms with Gasteiger partial charge >= 0.3 is 5.97 Å². The van der Waals surface area contributed by atoms with Crippen LogP contribution < -0.4 is 5.32 Å². The minimum absolute atomic E-state index is 0.107. The van der Waals surface area contributed by atoms with Crippen molar-refractivity contribution in [3.05, 3.63) is 12.4 Å².